The molecule has 7 nitrogen and oxygen atoms in total. The molecule has 0 saturated heterocycles. The third-order valence-electron chi connectivity index (χ3n) is 4.92. The lowest BCUT2D eigenvalue weighted by Gasteiger charge is -2.06. The number of aryl methyl sites for hydroxylation is 1. The number of aromatic nitrogens is 4. The molecular weight excluding hydrogens is 424 g/mol. The van der Waals surface area contributed by atoms with Gasteiger partial charge in [-0.15, -0.1) is 11.3 Å². The Morgan fingerprint density at radius 2 is 1.91 bits per heavy atom. The Morgan fingerprint density at radius 3 is 2.69 bits per heavy atom. The van der Waals surface area contributed by atoms with E-state index in [9.17, 15) is 9.59 Å². The van der Waals surface area contributed by atoms with Crippen LogP contribution in [0.2, 0.25) is 0 Å². The third kappa shape index (κ3) is 3.83. The second kappa shape index (κ2) is 8.24. The molecule has 158 valence electrons. The molecule has 4 heterocycles. The molecule has 32 heavy (non-hydrogen) atoms. The molecule has 0 saturated carbocycles. The average Bonchev–Trinajstić information content (AvgIpc) is 3.49. The Bertz CT molecular complexity index is 1470. The van der Waals surface area contributed by atoms with Gasteiger partial charge in [0.2, 0.25) is 0 Å². The van der Waals surface area contributed by atoms with Crippen molar-refractivity contribution in [1.82, 2.24) is 19.2 Å². The standard InChI is InChI=1S/C24H18N4O3S/c1-16-9-10-21-25-17(12-22(29)27(21)13-16)15-31-24(30)19-14-28(18-6-3-2-4-7-18)26-23(19)20-8-5-11-32-20/h2-14H,15H2,1H3. The number of nitrogens with zero attached hydrogens (tertiary/aromatic N) is 4. The quantitative estimate of drug-likeness (QED) is 0.380. The van der Waals surface area contributed by atoms with Crippen molar-refractivity contribution in [2.45, 2.75) is 13.5 Å². The van der Waals surface area contributed by atoms with Gasteiger partial charge < -0.3 is 4.74 Å². The molecule has 0 aliphatic heterocycles. The van der Waals surface area contributed by atoms with E-state index in [1.165, 1.54) is 21.8 Å². The SMILES string of the molecule is Cc1ccc2nc(COC(=O)c3cn(-c4ccccc4)nc3-c3cccs3)cc(=O)n2c1. The molecule has 1 aromatic carbocycles. The van der Waals surface area contributed by atoms with E-state index in [4.69, 9.17) is 4.74 Å². The first-order chi connectivity index (χ1) is 15.6. The van der Waals surface area contributed by atoms with Gasteiger partial charge in [-0.2, -0.15) is 5.10 Å². The number of carbonyl (C=O) groups excluding carboxylic acids is 1. The van der Waals surface area contributed by atoms with Crippen LogP contribution >= 0.6 is 11.3 Å². The lowest BCUT2D eigenvalue weighted by Crippen LogP contribution is -2.17. The molecule has 0 N–H and O–H groups in total. The van der Waals surface area contributed by atoms with E-state index >= 15 is 0 Å². The minimum absolute atomic E-state index is 0.112. The molecule has 8 heteroatoms. The average molecular weight is 443 g/mol. The molecular formula is C24H18N4O3S. The van der Waals surface area contributed by atoms with Crippen molar-refractivity contribution < 1.29 is 9.53 Å². The van der Waals surface area contributed by atoms with Gasteiger partial charge in [0.05, 0.1) is 16.3 Å². The zero-order chi connectivity index (χ0) is 22.1. The van der Waals surface area contributed by atoms with E-state index in [2.05, 4.69) is 10.1 Å². The first-order valence-corrected chi connectivity index (χ1v) is 10.8. The second-order valence-electron chi connectivity index (χ2n) is 7.25. The molecule has 4 aromatic heterocycles. The predicted octanol–water partition coefficient (Wildman–Crippen LogP) is 4.27. The van der Waals surface area contributed by atoms with Gasteiger partial charge in [0, 0.05) is 18.5 Å². The van der Waals surface area contributed by atoms with Crippen molar-refractivity contribution in [3.63, 3.8) is 0 Å². The van der Waals surface area contributed by atoms with Crippen LogP contribution in [0.25, 0.3) is 21.9 Å². The minimum Gasteiger partial charge on any atom is -0.455 e. The highest BCUT2D eigenvalue weighted by Gasteiger charge is 2.21. The largest absolute Gasteiger partial charge is 0.455 e. The summed E-state index contributed by atoms with van der Waals surface area (Å²) in [5, 5.41) is 6.55. The number of thiophene rings is 1. The Morgan fingerprint density at radius 1 is 1.06 bits per heavy atom. The number of fused-ring (bicyclic) bond motifs is 1. The zero-order valence-corrected chi connectivity index (χ0v) is 18.0. The molecule has 0 unspecified atom stereocenters. The van der Waals surface area contributed by atoms with Gasteiger partial charge in [-0.05, 0) is 42.1 Å². The summed E-state index contributed by atoms with van der Waals surface area (Å²) in [6.07, 6.45) is 3.39. The molecule has 0 aliphatic carbocycles. The Kier molecular flexibility index (Phi) is 5.12. The zero-order valence-electron chi connectivity index (χ0n) is 17.1. The van der Waals surface area contributed by atoms with Crippen LogP contribution in [0.15, 0.2) is 83.2 Å². The first kappa shape index (κ1) is 19.9. The molecule has 0 fully saturated rings. The van der Waals surface area contributed by atoms with Gasteiger partial charge in [0.1, 0.15) is 23.5 Å². The predicted molar refractivity (Wildman–Crippen MR) is 122 cm³/mol. The van der Waals surface area contributed by atoms with Crippen molar-refractivity contribution in [2.75, 3.05) is 0 Å². The maximum atomic E-state index is 13.0. The van der Waals surface area contributed by atoms with Crippen LogP contribution in [0.5, 0.6) is 0 Å². The highest BCUT2D eigenvalue weighted by Crippen LogP contribution is 2.28. The smallest absolute Gasteiger partial charge is 0.342 e. The van der Waals surface area contributed by atoms with E-state index < -0.39 is 5.97 Å². The monoisotopic (exact) mass is 442 g/mol. The van der Waals surface area contributed by atoms with Crippen LogP contribution in [-0.4, -0.2) is 25.1 Å². The van der Waals surface area contributed by atoms with Crippen LogP contribution < -0.4 is 5.56 Å². The summed E-state index contributed by atoms with van der Waals surface area (Å²) in [7, 11) is 0. The molecule has 0 bridgehead atoms. The molecule has 0 amide bonds. The fourth-order valence-corrected chi connectivity index (χ4v) is 4.10. The summed E-state index contributed by atoms with van der Waals surface area (Å²) in [6.45, 7) is 1.79. The third-order valence-corrected chi connectivity index (χ3v) is 5.80. The lowest BCUT2D eigenvalue weighted by molar-refractivity contribution is 0.0468. The first-order valence-electron chi connectivity index (χ1n) is 9.93. The Hall–Kier alpha value is -4.04. The van der Waals surface area contributed by atoms with Gasteiger partial charge in [0.25, 0.3) is 5.56 Å². The van der Waals surface area contributed by atoms with Crippen molar-refractivity contribution >= 4 is 23.0 Å². The number of esters is 1. The fraction of sp³-hybridized carbons (Fsp3) is 0.0833. The van der Waals surface area contributed by atoms with E-state index in [1.807, 2.05) is 60.8 Å². The van der Waals surface area contributed by atoms with E-state index in [0.717, 1.165) is 16.1 Å². The topological polar surface area (TPSA) is 78.5 Å². The molecule has 5 rings (SSSR count). The van der Waals surface area contributed by atoms with E-state index in [0.29, 0.717) is 22.6 Å². The van der Waals surface area contributed by atoms with Gasteiger partial charge in [-0.25, -0.2) is 14.5 Å². The Balaban J connectivity index is 1.44. The number of hydrogen-bond donors (Lipinski definition) is 0. The normalized spacial score (nSPS) is 11.0. The summed E-state index contributed by atoms with van der Waals surface area (Å²) >= 11 is 1.50. The van der Waals surface area contributed by atoms with E-state index in [1.54, 1.807) is 23.1 Å². The van der Waals surface area contributed by atoms with Crippen LogP contribution in [0.3, 0.4) is 0 Å². The number of benzene rings is 1. The summed E-state index contributed by atoms with van der Waals surface area (Å²) in [6, 6.07) is 18.4. The molecule has 0 radical (unpaired) electrons. The van der Waals surface area contributed by atoms with Gasteiger partial charge >= 0.3 is 5.97 Å². The van der Waals surface area contributed by atoms with Gasteiger partial charge in [0.15, 0.2) is 0 Å². The number of rotatable bonds is 5. The number of ether oxygens (including phenoxy) is 1. The van der Waals surface area contributed by atoms with Crippen LogP contribution in [0, 0.1) is 6.92 Å². The lowest BCUT2D eigenvalue weighted by atomic mass is 10.2. The van der Waals surface area contributed by atoms with Crippen molar-refractivity contribution in [1.29, 1.82) is 0 Å². The van der Waals surface area contributed by atoms with Gasteiger partial charge in [-0.1, -0.05) is 30.3 Å². The summed E-state index contributed by atoms with van der Waals surface area (Å²) in [5.74, 6) is -0.526. The maximum absolute atomic E-state index is 13.0. The summed E-state index contributed by atoms with van der Waals surface area (Å²) in [4.78, 5) is 30.7. The van der Waals surface area contributed by atoms with Gasteiger partial charge in [-0.3, -0.25) is 9.20 Å². The molecule has 5 aromatic rings. The minimum atomic E-state index is -0.526. The number of para-hydroxylation sites is 1. The van der Waals surface area contributed by atoms with Crippen molar-refractivity contribution in [3.05, 3.63) is 106 Å². The molecule has 0 spiro atoms. The molecule has 0 atom stereocenters. The number of pyridine rings is 1. The second-order valence-corrected chi connectivity index (χ2v) is 8.19. The highest BCUT2D eigenvalue weighted by atomic mass is 32.1. The number of hydrogen-bond acceptors (Lipinski definition) is 6. The van der Waals surface area contributed by atoms with Crippen LogP contribution in [-0.2, 0) is 11.3 Å². The van der Waals surface area contributed by atoms with Crippen LogP contribution in [0.4, 0.5) is 0 Å². The summed E-state index contributed by atoms with van der Waals surface area (Å²) in [5.41, 5.74) is 3.37. The van der Waals surface area contributed by atoms with Crippen molar-refractivity contribution in [2.24, 2.45) is 0 Å². The fourth-order valence-electron chi connectivity index (χ4n) is 3.38. The highest BCUT2D eigenvalue weighted by molar-refractivity contribution is 7.13. The van der Waals surface area contributed by atoms with Crippen LogP contribution in [0.1, 0.15) is 21.6 Å². The number of carbonyl (C=O) groups is 1. The maximum Gasteiger partial charge on any atom is 0.342 e. The van der Waals surface area contributed by atoms with E-state index in [-0.39, 0.29) is 12.2 Å². The Labute approximate surface area is 187 Å². The summed E-state index contributed by atoms with van der Waals surface area (Å²) < 4.78 is 8.66. The van der Waals surface area contributed by atoms with Crippen molar-refractivity contribution in [3.8, 4) is 16.3 Å². The molecule has 0 aliphatic rings.